The highest BCUT2D eigenvalue weighted by Crippen LogP contribution is 2.45. The minimum absolute atomic E-state index is 0.120. The average Bonchev–Trinajstić information content (AvgIpc) is 2.45. The number of rotatable bonds is 2. The zero-order valence-electron chi connectivity index (χ0n) is 11.0. The quantitative estimate of drug-likeness (QED) is 0.812. The fraction of sp³-hybridized carbons (Fsp3) is 0.188. The summed E-state index contributed by atoms with van der Waals surface area (Å²) in [7, 11) is 1.82. The van der Waals surface area contributed by atoms with Crippen molar-refractivity contribution in [3.05, 3.63) is 59.1 Å². The molecule has 0 bridgehead atoms. The summed E-state index contributed by atoms with van der Waals surface area (Å²) in [4.78, 5) is 15.0. The van der Waals surface area contributed by atoms with Crippen molar-refractivity contribution in [1.82, 2.24) is 0 Å². The molecule has 2 aromatic rings. The maximum atomic E-state index is 12.1. The van der Waals surface area contributed by atoms with Crippen LogP contribution in [0.15, 0.2) is 53.4 Å². The number of nitrogens with zero attached hydrogens (tertiary/aromatic N) is 1. The molecule has 3 rings (SSSR count). The zero-order valence-corrected chi connectivity index (χ0v) is 12.6. The number of carbonyl (C=O) groups excluding carboxylic acids is 1. The molecule has 2 nitrogen and oxygen atoms in total. The third kappa shape index (κ3) is 2.56. The Morgan fingerprint density at radius 2 is 1.95 bits per heavy atom. The van der Waals surface area contributed by atoms with E-state index in [0.29, 0.717) is 11.4 Å². The Hall–Kier alpha value is -1.45. The number of carbonyl (C=O) groups is 1. The molecule has 0 N–H and O–H groups in total. The van der Waals surface area contributed by atoms with Crippen LogP contribution in [0.25, 0.3) is 0 Å². The van der Waals surface area contributed by atoms with E-state index in [9.17, 15) is 4.79 Å². The van der Waals surface area contributed by atoms with Crippen molar-refractivity contribution < 1.29 is 4.79 Å². The van der Waals surface area contributed by atoms with Crippen molar-refractivity contribution in [3.63, 3.8) is 0 Å². The highest BCUT2D eigenvalue weighted by molar-refractivity contribution is 7.99. The molecular formula is C16H14ClNOS. The van der Waals surface area contributed by atoms with E-state index in [1.165, 1.54) is 4.90 Å². The number of fused-ring (bicyclic) bond motifs is 1. The summed E-state index contributed by atoms with van der Waals surface area (Å²) in [5.74, 6) is 0.147. The van der Waals surface area contributed by atoms with E-state index in [-0.39, 0.29) is 11.2 Å². The van der Waals surface area contributed by atoms with E-state index in [0.717, 1.165) is 11.3 Å². The maximum Gasteiger partial charge on any atom is 0.228 e. The monoisotopic (exact) mass is 303 g/mol. The van der Waals surface area contributed by atoms with E-state index in [1.807, 2.05) is 43.4 Å². The van der Waals surface area contributed by atoms with Gasteiger partial charge in [-0.3, -0.25) is 4.79 Å². The van der Waals surface area contributed by atoms with Crippen molar-refractivity contribution in [2.75, 3.05) is 11.9 Å². The van der Waals surface area contributed by atoms with Gasteiger partial charge in [-0.25, -0.2) is 0 Å². The van der Waals surface area contributed by atoms with Crippen molar-refractivity contribution >= 4 is 35.0 Å². The number of thioether (sulfide) groups is 1. The molecule has 1 heterocycles. The molecule has 20 heavy (non-hydrogen) atoms. The van der Waals surface area contributed by atoms with Crippen molar-refractivity contribution in [2.45, 2.75) is 16.6 Å². The van der Waals surface area contributed by atoms with Gasteiger partial charge in [0.05, 0.1) is 0 Å². The van der Waals surface area contributed by atoms with Crippen LogP contribution in [0.4, 0.5) is 5.69 Å². The molecule has 0 aromatic heterocycles. The maximum absolute atomic E-state index is 12.1. The molecule has 0 spiro atoms. The summed E-state index contributed by atoms with van der Waals surface area (Å²) < 4.78 is 0. The first-order valence-electron chi connectivity index (χ1n) is 6.43. The first-order chi connectivity index (χ1) is 9.65. The fourth-order valence-corrected chi connectivity index (χ4v) is 3.76. The van der Waals surface area contributed by atoms with Crippen molar-refractivity contribution in [2.24, 2.45) is 0 Å². The Labute approximate surface area is 127 Å². The SMILES string of the molecule is CN1C(=O)C[C@H](Sc2ccccc2)c2cc(Cl)ccc21. The molecule has 2 aromatic carbocycles. The lowest BCUT2D eigenvalue weighted by atomic mass is 10.0. The van der Waals surface area contributed by atoms with Gasteiger partial charge in [0.25, 0.3) is 0 Å². The number of benzene rings is 2. The van der Waals surface area contributed by atoms with Gasteiger partial charge in [0.2, 0.25) is 5.91 Å². The minimum Gasteiger partial charge on any atom is -0.315 e. The number of amides is 1. The molecular weight excluding hydrogens is 290 g/mol. The second-order valence-electron chi connectivity index (χ2n) is 4.78. The van der Waals surface area contributed by atoms with Crippen LogP contribution in [0.2, 0.25) is 5.02 Å². The molecule has 4 heteroatoms. The normalized spacial score (nSPS) is 18.0. The largest absolute Gasteiger partial charge is 0.315 e. The molecule has 1 aliphatic heterocycles. The number of halogens is 1. The van der Waals surface area contributed by atoms with Crippen LogP contribution >= 0.6 is 23.4 Å². The van der Waals surface area contributed by atoms with E-state index in [2.05, 4.69) is 12.1 Å². The van der Waals surface area contributed by atoms with Gasteiger partial charge in [0.15, 0.2) is 0 Å². The van der Waals surface area contributed by atoms with E-state index in [4.69, 9.17) is 11.6 Å². The first kappa shape index (κ1) is 13.5. The van der Waals surface area contributed by atoms with Crippen LogP contribution in [-0.4, -0.2) is 13.0 Å². The molecule has 102 valence electrons. The lowest BCUT2D eigenvalue weighted by molar-refractivity contribution is -0.118. The molecule has 0 aliphatic carbocycles. The van der Waals surface area contributed by atoms with Crippen molar-refractivity contribution in [3.8, 4) is 0 Å². The summed E-state index contributed by atoms with van der Waals surface area (Å²) in [5, 5.41) is 0.833. The van der Waals surface area contributed by atoms with Gasteiger partial charge in [-0.2, -0.15) is 0 Å². The van der Waals surface area contributed by atoms with E-state index in [1.54, 1.807) is 16.7 Å². The molecule has 1 amide bonds. The summed E-state index contributed by atoms with van der Waals surface area (Å²) in [6, 6.07) is 15.9. The summed E-state index contributed by atoms with van der Waals surface area (Å²) >= 11 is 7.83. The van der Waals surface area contributed by atoms with Crippen LogP contribution < -0.4 is 4.90 Å². The van der Waals surface area contributed by atoms with E-state index < -0.39 is 0 Å². The summed E-state index contributed by atoms with van der Waals surface area (Å²) in [5.41, 5.74) is 2.09. The number of hydrogen-bond acceptors (Lipinski definition) is 2. The minimum atomic E-state index is 0.120. The average molecular weight is 304 g/mol. The lowest BCUT2D eigenvalue weighted by Crippen LogP contribution is -2.32. The summed E-state index contributed by atoms with van der Waals surface area (Å²) in [6.45, 7) is 0. The van der Waals surface area contributed by atoms with Crippen LogP contribution in [0.5, 0.6) is 0 Å². The van der Waals surface area contributed by atoms with Gasteiger partial charge in [0.1, 0.15) is 0 Å². The summed E-state index contributed by atoms with van der Waals surface area (Å²) in [6.07, 6.45) is 0.503. The van der Waals surface area contributed by atoms with Gasteiger partial charge in [0, 0.05) is 34.3 Å². The molecule has 1 atom stereocenters. The van der Waals surface area contributed by atoms with Gasteiger partial charge in [-0.15, -0.1) is 11.8 Å². The highest BCUT2D eigenvalue weighted by Gasteiger charge is 2.29. The Morgan fingerprint density at radius 1 is 1.20 bits per heavy atom. The van der Waals surface area contributed by atoms with Gasteiger partial charge < -0.3 is 4.90 Å². The Bertz CT molecular complexity index is 644. The first-order valence-corrected chi connectivity index (χ1v) is 7.68. The number of hydrogen-bond donors (Lipinski definition) is 0. The van der Waals surface area contributed by atoms with Crippen LogP contribution in [0.1, 0.15) is 17.2 Å². The lowest BCUT2D eigenvalue weighted by Gasteiger charge is -2.31. The predicted molar refractivity (Wildman–Crippen MR) is 84.5 cm³/mol. The molecule has 0 fully saturated rings. The number of anilines is 1. The van der Waals surface area contributed by atoms with Crippen molar-refractivity contribution in [1.29, 1.82) is 0 Å². The topological polar surface area (TPSA) is 20.3 Å². The van der Waals surface area contributed by atoms with Crippen LogP contribution in [0, 0.1) is 0 Å². The fourth-order valence-electron chi connectivity index (χ4n) is 2.40. The van der Waals surface area contributed by atoms with Gasteiger partial charge in [-0.1, -0.05) is 29.8 Å². The van der Waals surface area contributed by atoms with E-state index >= 15 is 0 Å². The Balaban J connectivity index is 1.98. The smallest absolute Gasteiger partial charge is 0.228 e. The predicted octanol–water partition coefficient (Wildman–Crippen LogP) is 4.54. The van der Waals surface area contributed by atoms with Gasteiger partial charge >= 0.3 is 0 Å². The van der Waals surface area contributed by atoms with Crippen LogP contribution in [-0.2, 0) is 4.79 Å². The zero-order chi connectivity index (χ0) is 14.1. The highest BCUT2D eigenvalue weighted by atomic mass is 35.5. The third-order valence-electron chi connectivity index (χ3n) is 3.45. The molecule has 0 saturated heterocycles. The second-order valence-corrected chi connectivity index (χ2v) is 6.49. The second kappa shape index (κ2) is 5.51. The Morgan fingerprint density at radius 3 is 2.70 bits per heavy atom. The Kier molecular flexibility index (Phi) is 3.72. The van der Waals surface area contributed by atoms with Gasteiger partial charge in [-0.05, 0) is 35.9 Å². The molecule has 1 aliphatic rings. The molecule has 0 saturated carbocycles. The molecule has 0 radical (unpaired) electrons. The standard InChI is InChI=1S/C16H14ClNOS/c1-18-14-8-7-11(17)9-13(14)15(10-16(18)19)20-12-5-3-2-4-6-12/h2-9,15H,10H2,1H3/t15-/m0/s1. The third-order valence-corrected chi connectivity index (χ3v) is 4.94. The molecule has 0 unspecified atom stereocenters. The van der Waals surface area contributed by atoms with Crippen LogP contribution in [0.3, 0.4) is 0 Å².